The molecule has 0 spiro atoms. The Hall–Kier alpha value is -1.27. The maximum absolute atomic E-state index is 9.27. The van der Waals surface area contributed by atoms with Gasteiger partial charge in [-0.1, -0.05) is 30.7 Å². The van der Waals surface area contributed by atoms with Crippen LogP contribution >= 0.6 is 27.5 Å². The van der Waals surface area contributed by atoms with Gasteiger partial charge in [0.1, 0.15) is 6.61 Å². The monoisotopic (exact) mass is 427 g/mol. The minimum atomic E-state index is 0.0885. The second kappa shape index (κ2) is 10.0. The van der Waals surface area contributed by atoms with Gasteiger partial charge >= 0.3 is 0 Å². The van der Waals surface area contributed by atoms with Gasteiger partial charge in [-0.25, -0.2) is 0 Å². The van der Waals surface area contributed by atoms with Crippen molar-refractivity contribution in [1.29, 1.82) is 0 Å². The maximum atomic E-state index is 9.27. The normalized spacial score (nSPS) is 12.0. The number of methoxy groups -OCH3 is 1. The van der Waals surface area contributed by atoms with Crippen LogP contribution < -0.4 is 14.8 Å². The molecule has 25 heavy (non-hydrogen) atoms. The highest BCUT2D eigenvalue weighted by Crippen LogP contribution is 2.37. The van der Waals surface area contributed by atoms with Crippen LogP contribution in [0.1, 0.15) is 24.5 Å². The smallest absolute Gasteiger partial charge is 0.175 e. The minimum Gasteiger partial charge on any atom is -0.493 e. The lowest BCUT2D eigenvalue weighted by atomic mass is 10.1. The van der Waals surface area contributed by atoms with E-state index in [1.807, 2.05) is 43.3 Å². The van der Waals surface area contributed by atoms with Crippen molar-refractivity contribution in [2.75, 3.05) is 13.7 Å². The Balaban J connectivity index is 2.09. The molecule has 0 saturated heterocycles. The molecule has 6 heteroatoms. The molecule has 0 aliphatic carbocycles. The van der Waals surface area contributed by atoms with E-state index in [0.29, 0.717) is 29.7 Å². The number of ether oxygens (including phenoxy) is 2. The number of aliphatic hydroxyl groups is 1. The zero-order chi connectivity index (χ0) is 18.2. The van der Waals surface area contributed by atoms with E-state index in [1.54, 1.807) is 7.11 Å². The molecule has 0 aromatic heterocycles. The van der Waals surface area contributed by atoms with Gasteiger partial charge in [-0.3, -0.25) is 0 Å². The quantitative estimate of drug-likeness (QED) is 0.615. The Morgan fingerprint density at radius 3 is 2.52 bits per heavy atom. The predicted molar refractivity (Wildman–Crippen MR) is 104 cm³/mol. The van der Waals surface area contributed by atoms with E-state index >= 15 is 0 Å². The topological polar surface area (TPSA) is 50.7 Å². The van der Waals surface area contributed by atoms with Crippen LogP contribution in [0.2, 0.25) is 5.02 Å². The van der Waals surface area contributed by atoms with E-state index in [0.717, 1.165) is 22.0 Å². The molecule has 0 bridgehead atoms. The van der Waals surface area contributed by atoms with Crippen molar-refractivity contribution >= 4 is 27.5 Å². The Kier molecular flexibility index (Phi) is 8.03. The first-order valence-electron chi connectivity index (χ1n) is 8.15. The fourth-order valence-electron chi connectivity index (χ4n) is 2.35. The summed E-state index contributed by atoms with van der Waals surface area (Å²) in [6.45, 7) is 3.23. The van der Waals surface area contributed by atoms with Crippen molar-refractivity contribution in [1.82, 2.24) is 5.32 Å². The second-order valence-electron chi connectivity index (χ2n) is 5.69. The number of rotatable bonds is 9. The van der Waals surface area contributed by atoms with Gasteiger partial charge in [0.15, 0.2) is 11.5 Å². The van der Waals surface area contributed by atoms with Crippen LogP contribution in [0.15, 0.2) is 40.9 Å². The van der Waals surface area contributed by atoms with Gasteiger partial charge in [0.2, 0.25) is 0 Å². The molecule has 2 aromatic rings. The molecule has 2 N–H and O–H groups in total. The lowest BCUT2D eigenvalue weighted by Gasteiger charge is -2.17. The summed E-state index contributed by atoms with van der Waals surface area (Å²) in [4.78, 5) is 0. The summed E-state index contributed by atoms with van der Waals surface area (Å²) in [7, 11) is 1.62. The molecule has 136 valence electrons. The van der Waals surface area contributed by atoms with Gasteiger partial charge in [0.05, 0.1) is 18.2 Å². The molecule has 0 heterocycles. The van der Waals surface area contributed by atoms with E-state index in [-0.39, 0.29) is 12.6 Å². The minimum absolute atomic E-state index is 0.0885. The molecule has 2 rings (SSSR count). The van der Waals surface area contributed by atoms with Gasteiger partial charge in [-0.2, -0.15) is 0 Å². The highest BCUT2D eigenvalue weighted by atomic mass is 79.9. The average molecular weight is 429 g/mol. The first-order chi connectivity index (χ1) is 12.1. The highest BCUT2D eigenvalue weighted by molar-refractivity contribution is 9.10. The standard InChI is InChI=1S/C19H23BrClNO3/c1-3-16(11-23)22-10-14-8-17(20)19(18(9-14)24-2)25-12-13-4-6-15(21)7-5-13/h4-9,16,22-23H,3,10-12H2,1-2H3/t16-/m1/s1. The van der Waals surface area contributed by atoms with Crippen LogP contribution in [0.25, 0.3) is 0 Å². The van der Waals surface area contributed by atoms with Gasteiger partial charge in [-0.15, -0.1) is 0 Å². The lowest BCUT2D eigenvalue weighted by molar-refractivity contribution is 0.238. The van der Waals surface area contributed by atoms with Gasteiger partial charge < -0.3 is 19.9 Å². The summed E-state index contributed by atoms with van der Waals surface area (Å²) < 4.78 is 12.2. The number of nitrogens with one attached hydrogen (secondary N) is 1. The van der Waals surface area contributed by atoms with E-state index in [2.05, 4.69) is 21.2 Å². The summed E-state index contributed by atoms with van der Waals surface area (Å²) in [5.41, 5.74) is 2.08. The van der Waals surface area contributed by atoms with E-state index in [9.17, 15) is 5.11 Å². The summed E-state index contributed by atoms with van der Waals surface area (Å²) in [6, 6.07) is 11.6. The third kappa shape index (κ3) is 5.89. The van der Waals surface area contributed by atoms with Crippen LogP contribution in [0.4, 0.5) is 0 Å². The second-order valence-corrected chi connectivity index (χ2v) is 6.98. The SMILES string of the molecule is CC[C@H](CO)NCc1cc(Br)c(OCc2ccc(Cl)cc2)c(OC)c1. The number of hydrogen-bond acceptors (Lipinski definition) is 4. The van der Waals surface area contributed by atoms with Crippen LogP contribution in [0.3, 0.4) is 0 Å². The zero-order valence-corrected chi connectivity index (χ0v) is 16.7. The van der Waals surface area contributed by atoms with Gasteiger partial charge in [0, 0.05) is 17.6 Å². The Bertz CT molecular complexity index is 675. The molecule has 0 unspecified atom stereocenters. The van der Waals surface area contributed by atoms with Gasteiger partial charge in [-0.05, 0) is 57.7 Å². The first kappa shape index (κ1) is 20.0. The molecule has 4 nitrogen and oxygen atoms in total. The molecule has 0 aliphatic rings. The molecular weight excluding hydrogens is 406 g/mol. The summed E-state index contributed by atoms with van der Waals surface area (Å²) in [5, 5.41) is 13.3. The van der Waals surface area contributed by atoms with E-state index in [4.69, 9.17) is 21.1 Å². The molecular formula is C19H23BrClNO3. The average Bonchev–Trinajstić information content (AvgIpc) is 2.62. The van der Waals surface area contributed by atoms with Crippen molar-refractivity contribution in [3.05, 3.63) is 57.0 Å². The molecule has 0 fully saturated rings. The van der Waals surface area contributed by atoms with Crippen LogP contribution in [0.5, 0.6) is 11.5 Å². The molecule has 0 saturated carbocycles. The van der Waals surface area contributed by atoms with Crippen LogP contribution in [0, 0.1) is 0 Å². The third-order valence-corrected chi connectivity index (χ3v) is 4.73. The van der Waals surface area contributed by atoms with Crippen LogP contribution in [-0.4, -0.2) is 24.9 Å². The lowest BCUT2D eigenvalue weighted by Crippen LogP contribution is -2.31. The third-order valence-electron chi connectivity index (χ3n) is 3.89. The molecule has 0 amide bonds. The van der Waals surface area contributed by atoms with E-state index < -0.39 is 0 Å². The molecule has 0 aliphatic heterocycles. The molecule has 1 atom stereocenters. The van der Waals surface area contributed by atoms with Crippen LogP contribution in [-0.2, 0) is 13.2 Å². The molecule has 2 aromatic carbocycles. The summed E-state index contributed by atoms with van der Waals surface area (Å²) >= 11 is 9.46. The fraction of sp³-hybridized carbons (Fsp3) is 0.368. The highest BCUT2D eigenvalue weighted by Gasteiger charge is 2.13. The largest absolute Gasteiger partial charge is 0.493 e. The van der Waals surface area contributed by atoms with Gasteiger partial charge in [0.25, 0.3) is 0 Å². The number of halogens is 2. The number of aliphatic hydroxyl groups excluding tert-OH is 1. The van der Waals surface area contributed by atoms with Crippen molar-refractivity contribution in [2.24, 2.45) is 0 Å². The van der Waals surface area contributed by atoms with E-state index in [1.165, 1.54) is 0 Å². The molecule has 0 radical (unpaired) electrons. The summed E-state index contributed by atoms with van der Waals surface area (Å²) in [6.07, 6.45) is 0.872. The van der Waals surface area contributed by atoms with Crippen molar-refractivity contribution < 1.29 is 14.6 Å². The summed E-state index contributed by atoms with van der Waals surface area (Å²) in [5.74, 6) is 1.33. The zero-order valence-electron chi connectivity index (χ0n) is 14.4. The van der Waals surface area contributed by atoms with Crippen molar-refractivity contribution in [3.8, 4) is 11.5 Å². The fourth-order valence-corrected chi connectivity index (χ4v) is 3.08. The first-order valence-corrected chi connectivity index (χ1v) is 9.32. The Morgan fingerprint density at radius 1 is 1.20 bits per heavy atom. The maximum Gasteiger partial charge on any atom is 0.175 e. The van der Waals surface area contributed by atoms with Crippen molar-refractivity contribution in [3.63, 3.8) is 0 Å². The predicted octanol–water partition coefficient (Wildman–Crippen LogP) is 4.55. The number of benzene rings is 2. The Labute approximate surface area is 162 Å². The Morgan fingerprint density at radius 2 is 1.92 bits per heavy atom. The van der Waals surface area contributed by atoms with Crippen molar-refractivity contribution in [2.45, 2.75) is 32.5 Å². The number of hydrogen-bond donors (Lipinski definition) is 2.